The average molecular weight is 447 g/mol. The van der Waals surface area contributed by atoms with Crippen molar-refractivity contribution in [2.45, 2.75) is 31.7 Å². The highest BCUT2D eigenvalue weighted by molar-refractivity contribution is 5.88. The van der Waals surface area contributed by atoms with Crippen LogP contribution in [0.5, 0.6) is 5.75 Å². The van der Waals surface area contributed by atoms with Crippen LogP contribution in [0, 0.1) is 0 Å². The van der Waals surface area contributed by atoms with Crippen molar-refractivity contribution in [3.8, 4) is 5.75 Å². The number of carbonyl (C=O) groups is 1. The number of aromatic nitrogens is 2. The number of aryl methyl sites for hydroxylation is 1. The van der Waals surface area contributed by atoms with Crippen LogP contribution in [0.3, 0.4) is 0 Å². The standard InChI is InChI=1S/C26H30N4O3/c1-29(19-10-4-3-5-11-19)16-8-13-22-21(25(31)32)18-27-26(28-22)30-17-9-14-23(30)20-12-6-7-15-24(20)33-2/h3-7,10-12,15,18,23H,8-9,13-14,16-17H2,1-2H3,(H,31,32). The first-order valence-corrected chi connectivity index (χ1v) is 11.3. The molecule has 0 amide bonds. The smallest absolute Gasteiger partial charge is 0.339 e. The number of hydrogen-bond acceptors (Lipinski definition) is 6. The number of ether oxygens (including phenoxy) is 1. The highest BCUT2D eigenvalue weighted by Gasteiger charge is 2.30. The molecule has 7 heteroatoms. The lowest BCUT2D eigenvalue weighted by Gasteiger charge is -2.27. The fraction of sp³-hybridized carbons (Fsp3) is 0.346. The third-order valence-electron chi connectivity index (χ3n) is 6.20. The van der Waals surface area contributed by atoms with Crippen molar-refractivity contribution in [1.82, 2.24) is 9.97 Å². The summed E-state index contributed by atoms with van der Waals surface area (Å²) in [5, 5.41) is 9.69. The maximum atomic E-state index is 11.8. The first-order valence-electron chi connectivity index (χ1n) is 11.3. The Morgan fingerprint density at radius 1 is 1.18 bits per heavy atom. The zero-order valence-electron chi connectivity index (χ0n) is 19.1. The quantitative estimate of drug-likeness (QED) is 0.515. The lowest BCUT2D eigenvalue weighted by atomic mass is 10.0. The van der Waals surface area contributed by atoms with Gasteiger partial charge in [0.25, 0.3) is 0 Å². The molecular formula is C26H30N4O3. The van der Waals surface area contributed by atoms with Crippen LogP contribution in [-0.2, 0) is 6.42 Å². The molecule has 4 rings (SSSR count). The van der Waals surface area contributed by atoms with Crippen LogP contribution < -0.4 is 14.5 Å². The van der Waals surface area contributed by atoms with Gasteiger partial charge >= 0.3 is 5.97 Å². The summed E-state index contributed by atoms with van der Waals surface area (Å²) in [6.07, 6.45) is 4.81. The number of rotatable bonds is 9. The Hall–Kier alpha value is -3.61. The SMILES string of the molecule is COc1ccccc1C1CCCN1c1ncc(C(=O)O)c(CCCN(C)c2ccccc2)n1. The maximum Gasteiger partial charge on any atom is 0.339 e. The molecule has 0 bridgehead atoms. The molecule has 1 fully saturated rings. The van der Waals surface area contributed by atoms with E-state index < -0.39 is 5.97 Å². The van der Waals surface area contributed by atoms with Crippen LogP contribution in [0.15, 0.2) is 60.8 Å². The largest absolute Gasteiger partial charge is 0.496 e. The van der Waals surface area contributed by atoms with E-state index in [2.05, 4.69) is 33.0 Å². The van der Waals surface area contributed by atoms with Gasteiger partial charge in [0.1, 0.15) is 5.75 Å². The van der Waals surface area contributed by atoms with Crippen molar-refractivity contribution in [3.63, 3.8) is 0 Å². The topological polar surface area (TPSA) is 78.8 Å². The minimum absolute atomic E-state index is 0.105. The Balaban J connectivity index is 1.53. The van der Waals surface area contributed by atoms with Gasteiger partial charge < -0.3 is 19.6 Å². The Labute approximate surface area is 194 Å². The second-order valence-corrected chi connectivity index (χ2v) is 8.29. The predicted octanol–water partition coefficient (Wildman–Crippen LogP) is 4.59. The minimum Gasteiger partial charge on any atom is -0.496 e. The number of aromatic carboxylic acids is 1. The van der Waals surface area contributed by atoms with Gasteiger partial charge in [-0.25, -0.2) is 14.8 Å². The Bertz CT molecular complexity index is 1090. The summed E-state index contributed by atoms with van der Waals surface area (Å²) in [5.41, 5.74) is 3.00. The van der Waals surface area contributed by atoms with Gasteiger partial charge in [-0.1, -0.05) is 36.4 Å². The summed E-state index contributed by atoms with van der Waals surface area (Å²) in [5.74, 6) is 0.441. The van der Waals surface area contributed by atoms with E-state index in [4.69, 9.17) is 9.72 Å². The van der Waals surface area contributed by atoms with Crippen LogP contribution in [0.4, 0.5) is 11.6 Å². The van der Waals surface area contributed by atoms with Crippen LogP contribution in [0.25, 0.3) is 0 Å². The molecule has 1 N–H and O–H groups in total. The molecule has 1 atom stereocenters. The van der Waals surface area contributed by atoms with Gasteiger partial charge in [0.2, 0.25) is 5.95 Å². The average Bonchev–Trinajstić information content (AvgIpc) is 3.34. The van der Waals surface area contributed by atoms with Gasteiger partial charge in [-0.2, -0.15) is 0 Å². The van der Waals surface area contributed by atoms with Gasteiger partial charge in [0.05, 0.1) is 24.4 Å². The van der Waals surface area contributed by atoms with E-state index >= 15 is 0 Å². The molecule has 1 aliphatic heterocycles. The minimum atomic E-state index is -0.990. The summed E-state index contributed by atoms with van der Waals surface area (Å²) >= 11 is 0. The molecule has 1 aliphatic rings. The van der Waals surface area contributed by atoms with Crippen molar-refractivity contribution in [3.05, 3.63) is 77.6 Å². The number of benzene rings is 2. The molecule has 1 aromatic heterocycles. The fourth-order valence-electron chi connectivity index (χ4n) is 4.48. The fourth-order valence-corrected chi connectivity index (χ4v) is 4.48. The Morgan fingerprint density at radius 2 is 1.94 bits per heavy atom. The molecule has 0 saturated carbocycles. The van der Waals surface area contributed by atoms with Crippen LogP contribution in [0.1, 0.15) is 46.9 Å². The molecule has 0 aliphatic carbocycles. The van der Waals surface area contributed by atoms with E-state index in [-0.39, 0.29) is 11.6 Å². The van der Waals surface area contributed by atoms with Crippen LogP contribution in [0.2, 0.25) is 0 Å². The monoisotopic (exact) mass is 446 g/mol. The number of methoxy groups -OCH3 is 1. The summed E-state index contributed by atoms with van der Waals surface area (Å²) in [7, 11) is 3.72. The van der Waals surface area contributed by atoms with E-state index in [1.165, 1.54) is 6.20 Å². The van der Waals surface area contributed by atoms with Crippen molar-refractivity contribution in [2.24, 2.45) is 0 Å². The first kappa shape index (κ1) is 22.6. The van der Waals surface area contributed by atoms with E-state index in [1.807, 2.05) is 43.4 Å². The summed E-state index contributed by atoms with van der Waals surface area (Å²) in [4.78, 5) is 25.4. The highest BCUT2D eigenvalue weighted by atomic mass is 16.5. The van der Waals surface area contributed by atoms with Crippen molar-refractivity contribution >= 4 is 17.6 Å². The maximum absolute atomic E-state index is 11.8. The number of para-hydroxylation sites is 2. The van der Waals surface area contributed by atoms with E-state index in [0.717, 1.165) is 49.4 Å². The van der Waals surface area contributed by atoms with Gasteiger partial charge in [-0.15, -0.1) is 0 Å². The molecule has 0 spiro atoms. The Kier molecular flexibility index (Phi) is 7.07. The third-order valence-corrected chi connectivity index (χ3v) is 6.20. The summed E-state index contributed by atoms with van der Waals surface area (Å²) < 4.78 is 5.58. The van der Waals surface area contributed by atoms with Gasteiger partial charge in [-0.3, -0.25) is 0 Å². The lowest BCUT2D eigenvalue weighted by Crippen LogP contribution is -2.26. The zero-order valence-corrected chi connectivity index (χ0v) is 19.1. The van der Waals surface area contributed by atoms with Gasteiger partial charge in [0.15, 0.2) is 0 Å². The molecule has 2 aromatic carbocycles. The van der Waals surface area contributed by atoms with Crippen LogP contribution in [-0.4, -0.2) is 48.3 Å². The van der Waals surface area contributed by atoms with E-state index in [9.17, 15) is 9.90 Å². The van der Waals surface area contributed by atoms with Crippen molar-refractivity contribution in [1.29, 1.82) is 0 Å². The Morgan fingerprint density at radius 3 is 2.70 bits per heavy atom. The highest BCUT2D eigenvalue weighted by Crippen LogP contribution is 2.38. The molecule has 172 valence electrons. The molecule has 1 unspecified atom stereocenters. The predicted molar refractivity (Wildman–Crippen MR) is 129 cm³/mol. The van der Waals surface area contributed by atoms with Crippen molar-refractivity contribution < 1.29 is 14.6 Å². The number of carboxylic acid groups (broad SMARTS) is 1. The molecule has 3 aromatic rings. The first-order chi connectivity index (χ1) is 16.1. The molecule has 0 radical (unpaired) electrons. The van der Waals surface area contributed by atoms with Gasteiger partial charge in [0, 0.05) is 37.6 Å². The van der Waals surface area contributed by atoms with Crippen LogP contribution >= 0.6 is 0 Å². The molecule has 1 saturated heterocycles. The molecule has 33 heavy (non-hydrogen) atoms. The molecule has 7 nitrogen and oxygen atoms in total. The van der Waals surface area contributed by atoms with E-state index in [0.29, 0.717) is 18.1 Å². The number of anilines is 2. The second kappa shape index (κ2) is 10.3. The number of nitrogens with zero attached hydrogens (tertiary/aromatic N) is 4. The lowest BCUT2D eigenvalue weighted by molar-refractivity contribution is 0.0694. The number of carboxylic acids is 1. The van der Waals surface area contributed by atoms with Gasteiger partial charge in [-0.05, 0) is 43.9 Å². The number of hydrogen-bond donors (Lipinski definition) is 1. The molecule has 2 heterocycles. The summed E-state index contributed by atoms with van der Waals surface area (Å²) in [6, 6.07) is 18.3. The van der Waals surface area contributed by atoms with Crippen molar-refractivity contribution in [2.75, 3.05) is 37.0 Å². The third kappa shape index (κ3) is 5.08. The second-order valence-electron chi connectivity index (χ2n) is 8.29. The molecular weight excluding hydrogens is 416 g/mol. The summed E-state index contributed by atoms with van der Waals surface area (Å²) in [6.45, 7) is 1.63. The van der Waals surface area contributed by atoms with E-state index in [1.54, 1.807) is 7.11 Å². The zero-order chi connectivity index (χ0) is 23.2. The normalized spacial score (nSPS) is 15.5.